The van der Waals surface area contributed by atoms with Gasteiger partial charge in [-0.05, 0) is 6.42 Å². The molecular formula is C6H12O3. The summed E-state index contributed by atoms with van der Waals surface area (Å²) in [6.07, 6.45) is 0.694. The van der Waals surface area contributed by atoms with Crippen molar-refractivity contribution >= 4 is 0 Å². The smallest absolute Gasteiger partial charge is 0.283 e. The summed E-state index contributed by atoms with van der Waals surface area (Å²) in [6, 6.07) is 0. The van der Waals surface area contributed by atoms with E-state index in [4.69, 9.17) is 10.2 Å². The van der Waals surface area contributed by atoms with E-state index < -0.39 is 11.4 Å². The molecule has 0 unspecified atom stereocenters. The lowest BCUT2D eigenvalue weighted by molar-refractivity contribution is -0.354. The molecule has 1 fully saturated rings. The third-order valence-corrected chi connectivity index (χ3v) is 1.91. The monoisotopic (exact) mass is 132 g/mol. The summed E-state index contributed by atoms with van der Waals surface area (Å²) < 4.78 is 4.67. The predicted molar refractivity (Wildman–Crippen MR) is 31.5 cm³/mol. The highest BCUT2D eigenvalue weighted by molar-refractivity contribution is 4.81. The molecule has 0 bridgehead atoms. The summed E-state index contributed by atoms with van der Waals surface area (Å²) in [5, 5.41) is 18.1. The van der Waals surface area contributed by atoms with Gasteiger partial charge >= 0.3 is 0 Å². The Morgan fingerprint density at radius 2 is 1.89 bits per heavy atom. The topological polar surface area (TPSA) is 49.7 Å². The van der Waals surface area contributed by atoms with E-state index in [1.807, 2.05) is 0 Å². The van der Waals surface area contributed by atoms with Crippen LogP contribution in [0.25, 0.3) is 0 Å². The first-order chi connectivity index (χ1) is 3.96. The van der Waals surface area contributed by atoms with Crippen molar-refractivity contribution < 1.29 is 14.9 Å². The normalized spacial score (nSPS) is 30.7. The van der Waals surface area contributed by atoms with Gasteiger partial charge in [0, 0.05) is 5.41 Å². The van der Waals surface area contributed by atoms with Crippen molar-refractivity contribution in [3.63, 3.8) is 0 Å². The van der Waals surface area contributed by atoms with Crippen molar-refractivity contribution in [2.75, 3.05) is 6.61 Å². The van der Waals surface area contributed by atoms with Crippen LogP contribution in [0.3, 0.4) is 0 Å². The Hall–Kier alpha value is -0.120. The van der Waals surface area contributed by atoms with E-state index in [2.05, 4.69) is 4.74 Å². The molecular weight excluding hydrogens is 120 g/mol. The van der Waals surface area contributed by atoms with Crippen LogP contribution in [-0.4, -0.2) is 22.8 Å². The molecule has 9 heavy (non-hydrogen) atoms. The second-order valence-corrected chi connectivity index (χ2v) is 3.09. The average Bonchev–Trinajstić information content (AvgIpc) is 1.81. The number of aliphatic hydroxyl groups is 2. The molecule has 1 saturated heterocycles. The molecule has 1 rings (SSSR count). The molecule has 0 radical (unpaired) electrons. The molecule has 2 N–H and O–H groups in total. The van der Waals surface area contributed by atoms with Crippen LogP contribution in [0.2, 0.25) is 0 Å². The Morgan fingerprint density at radius 1 is 1.33 bits per heavy atom. The molecule has 0 amide bonds. The summed E-state index contributed by atoms with van der Waals surface area (Å²) in [7, 11) is 0. The van der Waals surface area contributed by atoms with Gasteiger partial charge in [-0.1, -0.05) is 13.8 Å². The average molecular weight is 132 g/mol. The highest BCUT2D eigenvalue weighted by Gasteiger charge is 2.48. The van der Waals surface area contributed by atoms with Crippen LogP contribution >= 0.6 is 0 Å². The molecule has 0 atom stereocenters. The number of hydrogen-bond acceptors (Lipinski definition) is 3. The largest absolute Gasteiger partial charge is 0.343 e. The fraction of sp³-hybridized carbons (Fsp3) is 1.00. The lowest BCUT2D eigenvalue weighted by Gasteiger charge is -2.28. The molecule has 0 aliphatic carbocycles. The molecule has 0 aromatic carbocycles. The molecule has 0 saturated carbocycles. The lowest BCUT2D eigenvalue weighted by Crippen LogP contribution is -2.40. The molecule has 0 aromatic heterocycles. The molecule has 54 valence electrons. The van der Waals surface area contributed by atoms with Crippen LogP contribution in [0.1, 0.15) is 20.3 Å². The highest BCUT2D eigenvalue weighted by atomic mass is 16.8. The maximum Gasteiger partial charge on any atom is 0.283 e. The van der Waals surface area contributed by atoms with Gasteiger partial charge in [0.2, 0.25) is 0 Å². The highest BCUT2D eigenvalue weighted by Crippen LogP contribution is 2.38. The van der Waals surface area contributed by atoms with Crippen LogP contribution in [0.4, 0.5) is 0 Å². The minimum Gasteiger partial charge on any atom is -0.343 e. The van der Waals surface area contributed by atoms with Gasteiger partial charge in [-0.2, -0.15) is 0 Å². The van der Waals surface area contributed by atoms with E-state index >= 15 is 0 Å². The maximum absolute atomic E-state index is 9.06. The van der Waals surface area contributed by atoms with Crippen molar-refractivity contribution in [1.82, 2.24) is 0 Å². The van der Waals surface area contributed by atoms with Crippen molar-refractivity contribution in [3.8, 4) is 0 Å². The van der Waals surface area contributed by atoms with Crippen molar-refractivity contribution in [1.29, 1.82) is 0 Å². The van der Waals surface area contributed by atoms with Crippen LogP contribution in [-0.2, 0) is 4.74 Å². The molecule has 1 aliphatic rings. The second kappa shape index (κ2) is 1.68. The van der Waals surface area contributed by atoms with Gasteiger partial charge in [-0.25, -0.2) is 0 Å². The fourth-order valence-electron chi connectivity index (χ4n) is 0.807. The maximum atomic E-state index is 9.06. The SMILES string of the molecule is CC1(C)CCOC1(O)O. The fourth-order valence-corrected chi connectivity index (χ4v) is 0.807. The lowest BCUT2D eigenvalue weighted by atomic mass is 9.89. The summed E-state index contributed by atoms with van der Waals surface area (Å²) in [5.74, 6) is -1.91. The van der Waals surface area contributed by atoms with Crippen LogP contribution in [0, 0.1) is 5.41 Å². The Morgan fingerprint density at radius 3 is 2.00 bits per heavy atom. The van der Waals surface area contributed by atoms with Gasteiger partial charge in [0.15, 0.2) is 0 Å². The summed E-state index contributed by atoms with van der Waals surface area (Å²) in [4.78, 5) is 0. The first-order valence-corrected chi connectivity index (χ1v) is 3.04. The van der Waals surface area contributed by atoms with Gasteiger partial charge in [-0.15, -0.1) is 0 Å². The van der Waals surface area contributed by atoms with Gasteiger partial charge in [0.25, 0.3) is 5.97 Å². The quantitative estimate of drug-likeness (QED) is 0.458. The predicted octanol–water partition coefficient (Wildman–Crippen LogP) is 0.0713. The van der Waals surface area contributed by atoms with Crippen LogP contribution in [0.15, 0.2) is 0 Å². The third-order valence-electron chi connectivity index (χ3n) is 1.91. The zero-order valence-corrected chi connectivity index (χ0v) is 5.72. The molecule has 3 heteroatoms. The van der Waals surface area contributed by atoms with E-state index in [9.17, 15) is 0 Å². The first-order valence-electron chi connectivity index (χ1n) is 3.04. The van der Waals surface area contributed by atoms with Crippen molar-refractivity contribution in [2.45, 2.75) is 26.2 Å². The zero-order chi connectivity index (χ0) is 7.12. The van der Waals surface area contributed by atoms with Gasteiger partial charge in [-0.3, -0.25) is 0 Å². The Balaban J connectivity index is 2.75. The minimum absolute atomic E-state index is 0.431. The van der Waals surface area contributed by atoms with E-state index in [-0.39, 0.29) is 0 Å². The van der Waals surface area contributed by atoms with Gasteiger partial charge in [0.05, 0.1) is 6.61 Å². The summed E-state index contributed by atoms with van der Waals surface area (Å²) in [6.45, 7) is 3.96. The zero-order valence-electron chi connectivity index (χ0n) is 5.72. The molecule has 1 aliphatic heterocycles. The van der Waals surface area contributed by atoms with Crippen LogP contribution < -0.4 is 0 Å². The van der Waals surface area contributed by atoms with Crippen molar-refractivity contribution in [3.05, 3.63) is 0 Å². The minimum atomic E-state index is -1.91. The van der Waals surface area contributed by atoms with E-state index in [0.29, 0.717) is 13.0 Å². The first kappa shape index (κ1) is 6.99. The van der Waals surface area contributed by atoms with Gasteiger partial charge < -0.3 is 14.9 Å². The Bertz CT molecular complexity index is 103. The number of hydrogen-bond donors (Lipinski definition) is 2. The summed E-state index contributed by atoms with van der Waals surface area (Å²) in [5.41, 5.74) is -0.521. The third kappa shape index (κ3) is 0.956. The Labute approximate surface area is 54.3 Å². The van der Waals surface area contributed by atoms with E-state index in [1.165, 1.54) is 0 Å². The number of ether oxygens (including phenoxy) is 1. The summed E-state index contributed by atoms with van der Waals surface area (Å²) >= 11 is 0. The standard InChI is InChI=1S/C6H12O3/c1-5(2)3-4-9-6(5,7)8/h7-8H,3-4H2,1-2H3. The Kier molecular flexibility index (Phi) is 1.31. The van der Waals surface area contributed by atoms with E-state index in [0.717, 1.165) is 0 Å². The van der Waals surface area contributed by atoms with E-state index in [1.54, 1.807) is 13.8 Å². The van der Waals surface area contributed by atoms with Crippen LogP contribution in [0.5, 0.6) is 0 Å². The molecule has 0 aromatic rings. The second-order valence-electron chi connectivity index (χ2n) is 3.09. The number of rotatable bonds is 0. The molecule has 3 nitrogen and oxygen atoms in total. The molecule has 0 spiro atoms. The van der Waals surface area contributed by atoms with Gasteiger partial charge in [0.1, 0.15) is 0 Å². The molecule has 1 heterocycles. The van der Waals surface area contributed by atoms with Crippen molar-refractivity contribution in [2.24, 2.45) is 5.41 Å².